The van der Waals surface area contributed by atoms with Crippen LogP contribution in [0.2, 0.25) is 5.02 Å². The standard InChI is InChI=1S/C23H22ClFN2O3S/c24-20-12-18(10-11-21(20)25)27-23(28)22(17-4-2-1-3-5-17)19(13-26-27)16-8-6-15(7-9-16)14-31(29)30/h6-13,17,31H,1-5,14H2. The lowest BCUT2D eigenvalue weighted by atomic mass is 9.82. The topological polar surface area (TPSA) is 69.0 Å². The van der Waals surface area contributed by atoms with Crippen LogP contribution in [0.15, 0.2) is 53.5 Å². The molecule has 0 radical (unpaired) electrons. The molecule has 162 valence electrons. The van der Waals surface area contributed by atoms with Gasteiger partial charge in [-0.2, -0.15) is 9.78 Å². The van der Waals surface area contributed by atoms with E-state index in [2.05, 4.69) is 5.10 Å². The van der Waals surface area contributed by atoms with Crippen molar-refractivity contribution in [3.63, 3.8) is 0 Å². The average Bonchev–Trinajstić information content (AvgIpc) is 2.76. The molecule has 1 aromatic heterocycles. The molecule has 0 N–H and O–H groups in total. The summed E-state index contributed by atoms with van der Waals surface area (Å²) in [6.45, 7) is 0. The maximum Gasteiger partial charge on any atom is 0.275 e. The largest absolute Gasteiger partial charge is 0.275 e. The van der Waals surface area contributed by atoms with Crippen molar-refractivity contribution < 1.29 is 12.8 Å². The summed E-state index contributed by atoms with van der Waals surface area (Å²) in [7, 11) is -2.50. The fourth-order valence-corrected chi connectivity index (χ4v) is 4.91. The summed E-state index contributed by atoms with van der Waals surface area (Å²) in [5.41, 5.74) is 3.13. The third-order valence-corrected chi connectivity index (χ3v) is 6.67. The van der Waals surface area contributed by atoms with Gasteiger partial charge in [0.2, 0.25) is 0 Å². The molecule has 31 heavy (non-hydrogen) atoms. The predicted molar refractivity (Wildman–Crippen MR) is 120 cm³/mol. The predicted octanol–water partition coefficient (Wildman–Crippen LogP) is 4.85. The Kier molecular flexibility index (Phi) is 6.53. The number of aromatic nitrogens is 2. The smallest absolute Gasteiger partial charge is 0.267 e. The molecule has 0 aliphatic heterocycles. The summed E-state index contributed by atoms with van der Waals surface area (Å²) in [5, 5.41) is 4.28. The summed E-state index contributed by atoms with van der Waals surface area (Å²) in [5.74, 6) is -0.462. The zero-order chi connectivity index (χ0) is 22.0. The molecule has 1 aliphatic carbocycles. The Labute approximate surface area is 186 Å². The van der Waals surface area contributed by atoms with Crippen LogP contribution in [0, 0.1) is 5.82 Å². The fraction of sp³-hybridized carbons (Fsp3) is 0.304. The minimum Gasteiger partial charge on any atom is -0.267 e. The van der Waals surface area contributed by atoms with Crippen molar-refractivity contribution in [2.24, 2.45) is 0 Å². The van der Waals surface area contributed by atoms with E-state index in [0.717, 1.165) is 43.2 Å². The lowest BCUT2D eigenvalue weighted by Gasteiger charge is -2.24. The molecule has 3 aromatic rings. The summed E-state index contributed by atoms with van der Waals surface area (Å²) in [4.78, 5) is 13.6. The highest BCUT2D eigenvalue weighted by Crippen LogP contribution is 2.36. The number of benzene rings is 2. The minimum atomic E-state index is -2.50. The van der Waals surface area contributed by atoms with Gasteiger partial charge in [-0.25, -0.2) is 12.8 Å². The molecule has 4 rings (SSSR count). The first kappa shape index (κ1) is 21.7. The van der Waals surface area contributed by atoms with Crippen molar-refractivity contribution in [3.05, 3.63) is 81.0 Å². The Hall–Kier alpha value is -2.51. The maximum atomic E-state index is 13.6. The second-order valence-electron chi connectivity index (χ2n) is 7.81. The van der Waals surface area contributed by atoms with Crippen molar-refractivity contribution in [1.29, 1.82) is 0 Å². The van der Waals surface area contributed by atoms with Crippen LogP contribution >= 0.6 is 11.6 Å². The van der Waals surface area contributed by atoms with Crippen molar-refractivity contribution in [2.75, 3.05) is 0 Å². The Morgan fingerprint density at radius 1 is 1.06 bits per heavy atom. The van der Waals surface area contributed by atoms with Gasteiger partial charge in [-0.1, -0.05) is 55.1 Å². The van der Waals surface area contributed by atoms with E-state index in [4.69, 9.17) is 11.6 Å². The highest BCUT2D eigenvalue weighted by molar-refractivity contribution is 7.71. The first-order chi connectivity index (χ1) is 14.9. The number of hydrogen-bond donors (Lipinski definition) is 1. The fourth-order valence-electron chi connectivity index (χ4n) is 4.22. The molecular weight excluding hydrogens is 439 g/mol. The Morgan fingerprint density at radius 3 is 2.42 bits per heavy atom. The normalized spacial score (nSPS) is 14.8. The van der Waals surface area contributed by atoms with E-state index in [1.165, 1.54) is 22.9 Å². The maximum absolute atomic E-state index is 13.6. The van der Waals surface area contributed by atoms with Gasteiger partial charge < -0.3 is 0 Å². The lowest BCUT2D eigenvalue weighted by molar-refractivity contribution is 0.439. The monoisotopic (exact) mass is 460 g/mol. The van der Waals surface area contributed by atoms with Crippen LogP contribution in [0.3, 0.4) is 0 Å². The molecule has 2 aromatic carbocycles. The molecule has 1 fully saturated rings. The van der Waals surface area contributed by atoms with E-state index in [9.17, 15) is 17.6 Å². The van der Waals surface area contributed by atoms with Gasteiger partial charge in [-0.15, -0.1) is 0 Å². The van der Waals surface area contributed by atoms with E-state index < -0.39 is 16.5 Å². The first-order valence-corrected chi connectivity index (χ1v) is 12.0. The quantitative estimate of drug-likeness (QED) is 0.552. The summed E-state index contributed by atoms with van der Waals surface area (Å²) >= 11 is 5.92. The van der Waals surface area contributed by atoms with Gasteiger partial charge in [-0.3, -0.25) is 4.79 Å². The first-order valence-electron chi connectivity index (χ1n) is 10.2. The number of nitrogens with zero attached hydrogens (tertiary/aromatic N) is 2. The van der Waals surface area contributed by atoms with Gasteiger partial charge in [0.1, 0.15) is 16.5 Å². The van der Waals surface area contributed by atoms with Crippen molar-refractivity contribution in [1.82, 2.24) is 9.78 Å². The zero-order valence-electron chi connectivity index (χ0n) is 16.8. The van der Waals surface area contributed by atoms with Crippen molar-refractivity contribution in [2.45, 2.75) is 43.8 Å². The van der Waals surface area contributed by atoms with Crippen LogP contribution in [-0.2, 0) is 16.5 Å². The van der Waals surface area contributed by atoms with E-state index in [1.807, 2.05) is 12.1 Å². The van der Waals surface area contributed by atoms with Crippen LogP contribution in [0.4, 0.5) is 4.39 Å². The second-order valence-corrected chi connectivity index (χ2v) is 9.20. The molecule has 0 spiro atoms. The third kappa shape index (κ3) is 4.72. The van der Waals surface area contributed by atoms with Gasteiger partial charge in [0.15, 0.2) is 0 Å². The lowest BCUT2D eigenvalue weighted by Crippen LogP contribution is -2.28. The van der Waals surface area contributed by atoms with E-state index in [0.29, 0.717) is 16.8 Å². The summed E-state index contributed by atoms with van der Waals surface area (Å²) in [6.07, 6.45) is 6.77. The average molecular weight is 461 g/mol. The van der Waals surface area contributed by atoms with Crippen molar-refractivity contribution >= 4 is 22.3 Å². The van der Waals surface area contributed by atoms with Gasteiger partial charge >= 0.3 is 0 Å². The van der Waals surface area contributed by atoms with Crippen LogP contribution in [0.25, 0.3) is 16.8 Å². The molecule has 1 saturated carbocycles. The van der Waals surface area contributed by atoms with Gasteiger partial charge in [0.05, 0.1) is 22.7 Å². The molecule has 0 amide bonds. The van der Waals surface area contributed by atoms with Crippen LogP contribution < -0.4 is 5.56 Å². The SMILES string of the molecule is O=c1c(C2CCCCC2)c(-c2ccc(C[SH](=O)=O)cc2)cnn1-c1ccc(F)c(Cl)c1. The summed E-state index contributed by atoms with van der Waals surface area (Å²) in [6, 6.07) is 11.3. The van der Waals surface area contributed by atoms with E-state index in [-0.39, 0.29) is 22.3 Å². The minimum absolute atomic E-state index is 0.0176. The molecule has 1 aliphatic rings. The van der Waals surface area contributed by atoms with Gasteiger partial charge in [-0.05, 0) is 48.1 Å². The number of rotatable bonds is 5. The molecule has 0 atom stereocenters. The second kappa shape index (κ2) is 9.32. The molecule has 1 heterocycles. The van der Waals surface area contributed by atoms with Gasteiger partial charge in [0, 0.05) is 11.1 Å². The molecule has 0 saturated heterocycles. The number of hydrogen-bond acceptors (Lipinski definition) is 4. The Balaban J connectivity index is 1.84. The van der Waals surface area contributed by atoms with Crippen LogP contribution in [0.1, 0.15) is 49.1 Å². The Bertz CT molecular complexity index is 1220. The van der Waals surface area contributed by atoms with Gasteiger partial charge in [0.25, 0.3) is 5.56 Å². The molecule has 0 bridgehead atoms. The molecule has 8 heteroatoms. The molecule has 5 nitrogen and oxygen atoms in total. The number of halogens is 2. The summed E-state index contributed by atoms with van der Waals surface area (Å²) < 4.78 is 36.9. The van der Waals surface area contributed by atoms with Crippen LogP contribution in [0.5, 0.6) is 0 Å². The molecule has 0 unspecified atom stereocenters. The highest BCUT2D eigenvalue weighted by Gasteiger charge is 2.24. The van der Waals surface area contributed by atoms with E-state index in [1.54, 1.807) is 18.3 Å². The third-order valence-electron chi connectivity index (χ3n) is 5.75. The van der Waals surface area contributed by atoms with E-state index >= 15 is 0 Å². The highest BCUT2D eigenvalue weighted by atomic mass is 35.5. The van der Waals surface area contributed by atoms with Crippen LogP contribution in [-0.4, -0.2) is 18.2 Å². The number of thiol groups is 1. The zero-order valence-corrected chi connectivity index (χ0v) is 18.4. The molecular formula is C23H22ClFN2O3S. The Morgan fingerprint density at radius 2 is 1.77 bits per heavy atom. The van der Waals surface area contributed by atoms with Crippen molar-refractivity contribution in [3.8, 4) is 16.8 Å².